The number of carbonyl (C=O) groups excluding carboxylic acids is 3. The lowest BCUT2D eigenvalue weighted by Crippen LogP contribution is -2.44. The summed E-state index contributed by atoms with van der Waals surface area (Å²) in [5.74, 6) is -2.47. The smallest absolute Gasteiger partial charge is 0.270 e. The van der Waals surface area contributed by atoms with Crippen LogP contribution in [0.3, 0.4) is 0 Å². The Kier molecular flexibility index (Phi) is 8.28. The second-order valence-corrected chi connectivity index (χ2v) is 8.07. The molecule has 0 bridgehead atoms. The van der Waals surface area contributed by atoms with Gasteiger partial charge in [0.15, 0.2) is 5.69 Å². The Balaban J connectivity index is 2.09. The standard InChI is InChI=1S/C23H24FN5O4S/c1-33-12-11-27-22(31)19(15-7-9-16(24)10-8-15)29(13-14-5-3-2-4-6-14)23(32)20-17(25)18(21(26)30)28-34-20/h2-10,19H,11-13,25H2,1H3,(H2,26,30)(H,27,31)/t19-/m0/s1. The molecule has 5 N–H and O–H groups in total. The number of aromatic nitrogens is 1. The number of nitrogens with zero attached hydrogens (tertiary/aromatic N) is 2. The molecule has 1 heterocycles. The molecule has 178 valence electrons. The maximum Gasteiger partial charge on any atom is 0.270 e. The van der Waals surface area contributed by atoms with Crippen LogP contribution in [-0.4, -0.2) is 47.3 Å². The van der Waals surface area contributed by atoms with Crippen molar-refractivity contribution in [2.24, 2.45) is 5.73 Å². The Morgan fingerprint density at radius 1 is 1.15 bits per heavy atom. The van der Waals surface area contributed by atoms with Crippen molar-refractivity contribution in [3.8, 4) is 0 Å². The van der Waals surface area contributed by atoms with Crippen molar-refractivity contribution in [2.45, 2.75) is 12.6 Å². The zero-order valence-corrected chi connectivity index (χ0v) is 19.2. The van der Waals surface area contributed by atoms with E-state index in [4.69, 9.17) is 16.2 Å². The number of hydrogen-bond acceptors (Lipinski definition) is 7. The van der Waals surface area contributed by atoms with E-state index in [2.05, 4.69) is 9.69 Å². The van der Waals surface area contributed by atoms with Crippen LogP contribution >= 0.6 is 11.5 Å². The third kappa shape index (κ3) is 5.74. The number of ether oxygens (including phenoxy) is 1. The van der Waals surface area contributed by atoms with Gasteiger partial charge in [-0.25, -0.2) is 4.39 Å². The molecule has 0 saturated heterocycles. The van der Waals surface area contributed by atoms with Gasteiger partial charge in [0.25, 0.3) is 11.8 Å². The number of carbonyl (C=O) groups is 3. The van der Waals surface area contributed by atoms with Crippen molar-refractivity contribution in [1.29, 1.82) is 0 Å². The first-order valence-electron chi connectivity index (χ1n) is 10.3. The highest BCUT2D eigenvalue weighted by molar-refractivity contribution is 7.09. The number of amides is 3. The maximum absolute atomic E-state index is 13.7. The molecule has 34 heavy (non-hydrogen) atoms. The molecule has 0 fully saturated rings. The molecule has 3 amide bonds. The number of methoxy groups -OCH3 is 1. The van der Waals surface area contributed by atoms with Gasteiger partial charge in [-0.15, -0.1) is 0 Å². The van der Waals surface area contributed by atoms with E-state index in [9.17, 15) is 18.8 Å². The average Bonchev–Trinajstić information content (AvgIpc) is 3.22. The number of primary amides is 1. The van der Waals surface area contributed by atoms with E-state index < -0.39 is 29.6 Å². The molecule has 0 aliphatic rings. The fourth-order valence-electron chi connectivity index (χ4n) is 3.31. The van der Waals surface area contributed by atoms with Gasteiger partial charge < -0.3 is 26.4 Å². The summed E-state index contributed by atoms with van der Waals surface area (Å²) in [6.45, 7) is 0.496. The number of nitrogens with two attached hydrogens (primary N) is 2. The number of anilines is 1. The molecule has 0 saturated carbocycles. The van der Waals surface area contributed by atoms with Gasteiger partial charge in [0.1, 0.15) is 16.7 Å². The lowest BCUT2D eigenvalue weighted by Gasteiger charge is -2.31. The number of benzene rings is 2. The Morgan fingerprint density at radius 2 is 1.82 bits per heavy atom. The molecule has 3 aromatic rings. The predicted octanol–water partition coefficient (Wildman–Crippen LogP) is 2.11. The summed E-state index contributed by atoms with van der Waals surface area (Å²) in [6.07, 6.45) is 0. The van der Waals surface area contributed by atoms with Crippen LogP contribution < -0.4 is 16.8 Å². The maximum atomic E-state index is 13.7. The number of nitrogens with one attached hydrogen (secondary N) is 1. The minimum absolute atomic E-state index is 0.0264. The summed E-state index contributed by atoms with van der Waals surface area (Å²) in [5.41, 5.74) is 12.1. The van der Waals surface area contributed by atoms with Gasteiger partial charge in [-0.1, -0.05) is 42.5 Å². The minimum atomic E-state index is -1.14. The molecule has 0 aliphatic heterocycles. The van der Waals surface area contributed by atoms with E-state index in [1.54, 1.807) is 24.3 Å². The Labute approximate surface area is 199 Å². The Bertz CT molecular complexity index is 1150. The van der Waals surface area contributed by atoms with Gasteiger partial charge in [0.05, 0.1) is 12.3 Å². The van der Waals surface area contributed by atoms with Gasteiger partial charge in [-0.2, -0.15) is 4.37 Å². The summed E-state index contributed by atoms with van der Waals surface area (Å²) in [4.78, 5) is 39.9. The largest absolute Gasteiger partial charge is 0.395 e. The highest BCUT2D eigenvalue weighted by Gasteiger charge is 2.34. The topological polar surface area (TPSA) is 141 Å². The molecular formula is C23H24FN5O4S. The fraction of sp³-hybridized carbons (Fsp3) is 0.217. The summed E-state index contributed by atoms with van der Waals surface area (Å²) in [5, 5.41) is 2.74. The molecule has 0 spiro atoms. The minimum Gasteiger partial charge on any atom is -0.395 e. The number of rotatable bonds is 10. The van der Waals surface area contributed by atoms with Gasteiger partial charge in [-0.3, -0.25) is 14.4 Å². The Hall–Kier alpha value is -3.83. The van der Waals surface area contributed by atoms with Crippen LogP contribution in [0, 0.1) is 5.82 Å². The molecule has 9 nitrogen and oxygen atoms in total. The van der Waals surface area contributed by atoms with Crippen molar-refractivity contribution in [1.82, 2.24) is 14.6 Å². The first kappa shape index (κ1) is 24.8. The van der Waals surface area contributed by atoms with Gasteiger partial charge in [0, 0.05) is 20.2 Å². The van der Waals surface area contributed by atoms with Crippen molar-refractivity contribution in [2.75, 3.05) is 26.0 Å². The molecular weight excluding hydrogens is 461 g/mol. The van der Waals surface area contributed by atoms with Crippen molar-refractivity contribution >= 4 is 34.9 Å². The summed E-state index contributed by atoms with van der Waals surface area (Å²) in [6, 6.07) is 13.2. The summed E-state index contributed by atoms with van der Waals surface area (Å²) >= 11 is 0.721. The van der Waals surface area contributed by atoms with Gasteiger partial charge in [-0.05, 0) is 34.8 Å². The quantitative estimate of drug-likeness (QED) is 0.376. The van der Waals surface area contributed by atoms with Crippen molar-refractivity contribution in [3.63, 3.8) is 0 Å². The third-order valence-electron chi connectivity index (χ3n) is 4.96. The van der Waals surface area contributed by atoms with E-state index in [0.717, 1.165) is 17.1 Å². The molecule has 11 heteroatoms. The van der Waals surface area contributed by atoms with Gasteiger partial charge >= 0.3 is 0 Å². The second-order valence-electron chi connectivity index (χ2n) is 7.29. The first-order valence-corrected chi connectivity index (χ1v) is 11.0. The van der Waals surface area contributed by atoms with Crippen LogP contribution in [0.5, 0.6) is 0 Å². The van der Waals surface area contributed by atoms with E-state index in [-0.39, 0.29) is 36.0 Å². The molecule has 0 unspecified atom stereocenters. The summed E-state index contributed by atoms with van der Waals surface area (Å²) < 4.78 is 22.5. The van der Waals surface area contributed by atoms with Crippen LogP contribution in [-0.2, 0) is 16.1 Å². The molecule has 0 aliphatic carbocycles. The predicted molar refractivity (Wildman–Crippen MR) is 125 cm³/mol. The zero-order valence-electron chi connectivity index (χ0n) is 18.4. The van der Waals surface area contributed by atoms with Gasteiger partial charge in [0.2, 0.25) is 5.91 Å². The molecule has 3 rings (SSSR count). The normalized spacial score (nSPS) is 11.6. The fourth-order valence-corrected chi connectivity index (χ4v) is 4.07. The molecule has 0 radical (unpaired) electrons. The lowest BCUT2D eigenvalue weighted by molar-refractivity contribution is -0.126. The van der Waals surface area contributed by atoms with Crippen LogP contribution in [0.1, 0.15) is 37.3 Å². The first-order chi connectivity index (χ1) is 16.3. The molecule has 1 aromatic heterocycles. The molecule has 1 atom stereocenters. The van der Waals surface area contributed by atoms with Crippen LogP contribution in [0.15, 0.2) is 54.6 Å². The number of hydrogen-bond donors (Lipinski definition) is 3. The zero-order chi connectivity index (χ0) is 24.7. The van der Waals surface area contributed by atoms with E-state index >= 15 is 0 Å². The van der Waals surface area contributed by atoms with E-state index in [0.29, 0.717) is 5.56 Å². The third-order valence-corrected chi connectivity index (χ3v) is 5.81. The van der Waals surface area contributed by atoms with E-state index in [1.165, 1.54) is 36.3 Å². The van der Waals surface area contributed by atoms with E-state index in [1.807, 2.05) is 6.07 Å². The monoisotopic (exact) mass is 485 g/mol. The second kappa shape index (κ2) is 11.3. The van der Waals surface area contributed by atoms with Crippen molar-refractivity contribution in [3.05, 3.63) is 82.1 Å². The average molecular weight is 486 g/mol. The van der Waals surface area contributed by atoms with Crippen LogP contribution in [0.25, 0.3) is 0 Å². The van der Waals surface area contributed by atoms with Crippen molar-refractivity contribution < 1.29 is 23.5 Å². The van der Waals surface area contributed by atoms with Crippen LogP contribution in [0.2, 0.25) is 0 Å². The highest BCUT2D eigenvalue weighted by Crippen LogP contribution is 2.30. The SMILES string of the molecule is COCCNC(=O)[C@H](c1ccc(F)cc1)N(Cc1ccccc1)C(=O)c1snc(C(N)=O)c1N. The lowest BCUT2D eigenvalue weighted by atomic mass is 10.0. The molecule has 2 aromatic carbocycles. The number of nitrogen functional groups attached to an aromatic ring is 1. The number of halogens is 1. The van der Waals surface area contributed by atoms with Crippen LogP contribution in [0.4, 0.5) is 10.1 Å². The highest BCUT2D eigenvalue weighted by atomic mass is 32.1. The summed E-state index contributed by atoms with van der Waals surface area (Å²) in [7, 11) is 1.50. The Morgan fingerprint density at radius 3 is 2.41 bits per heavy atom.